The van der Waals surface area contributed by atoms with Gasteiger partial charge in [0.05, 0.1) is 6.54 Å². The average molecular weight is 230 g/mol. The summed E-state index contributed by atoms with van der Waals surface area (Å²) in [6.07, 6.45) is 1.77. The average Bonchev–Trinajstić information content (AvgIpc) is 2.53. The second-order valence-corrected chi connectivity index (χ2v) is 4.34. The molecule has 1 aromatic heterocycles. The molecule has 0 aromatic carbocycles. The number of amidine groups is 1. The molecule has 1 aromatic rings. The molecule has 1 aliphatic heterocycles. The van der Waals surface area contributed by atoms with Crippen LogP contribution in [0.4, 0.5) is 5.82 Å². The van der Waals surface area contributed by atoms with Crippen LogP contribution in [-0.2, 0) is 0 Å². The highest BCUT2D eigenvalue weighted by molar-refractivity contribution is 8.15. The monoisotopic (exact) mass is 229 g/mol. The van der Waals surface area contributed by atoms with Crippen LogP contribution in [0, 0.1) is 0 Å². The molecule has 1 atom stereocenters. The number of rotatable bonds is 1. The van der Waals surface area contributed by atoms with Crippen molar-refractivity contribution >= 4 is 35.2 Å². The maximum atomic E-state index is 4.34. The molecular formula is C9H12ClN3S. The molecule has 0 radical (unpaired) electrons. The zero-order valence-corrected chi connectivity index (χ0v) is 9.44. The topological polar surface area (TPSA) is 37.3 Å². The summed E-state index contributed by atoms with van der Waals surface area (Å²) in [5.74, 6) is 0.864. The third-order valence-corrected chi connectivity index (χ3v) is 2.71. The van der Waals surface area contributed by atoms with Gasteiger partial charge >= 0.3 is 0 Å². The van der Waals surface area contributed by atoms with Gasteiger partial charge in [-0.3, -0.25) is 4.99 Å². The van der Waals surface area contributed by atoms with Gasteiger partial charge in [0.15, 0.2) is 5.17 Å². The van der Waals surface area contributed by atoms with Crippen molar-refractivity contribution in [2.75, 3.05) is 11.9 Å². The van der Waals surface area contributed by atoms with Crippen molar-refractivity contribution in [3.8, 4) is 0 Å². The lowest BCUT2D eigenvalue weighted by molar-refractivity contribution is 0.976. The highest BCUT2D eigenvalue weighted by atomic mass is 35.5. The molecule has 0 fully saturated rings. The maximum Gasteiger partial charge on any atom is 0.162 e. The van der Waals surface area contributed by atoms with E-state index in [9.17, 15) is 0 Å². The van der Waals surface area contributed by atoms with E-state index in [1.54, 1.807) is 18.0 Å². The number of aliphatic imine (C=N–C) groups is 1. The van der Waals surface area contributed by atoms with Crippen molar-refractivity contribution < 1.29 is 0 Å². The summed E-state index contributed by atoms with van der Waals surface area (Å²) in [7, 11) is 0. The highest BCUT2D eigenvalue weighted by Gasteiger charge is 2.14. The third kappa shape index (κ3) is 2.89. The van der Waals surface area contributed by atoms with Gasteiger partial charge in [-0.25, -0.2) is 4.98 Å². The number of aromatic nitrogens is 1. The first-order chi connectivity index (χ1) is 6.34. The lowest BCUT2D eigenvalue weighted by Gasteiger charge is -2.03. The summed E-state index contributed by atoms with van der Waals surface area (Å²) in [4.78, 5) is 8.50. The maximum absolute atomic E-state index is 4.34. The molecule has 5 heteroatoms. The quantitative estimate of drug-likeness (QED) is 0.804. The zero-order chi connectivity index (χ0) is 9.10. The normalized spacial score (nSPS) is 19.8. The van der Waals surface area contributed by atoms with Crippen LogP contribution in [0.1, 0.15) is 6.92 Å². The fourth-order valence-electron chi connectivity index (χ4n) is 1.09. The molecule has 3 nitrogen and oxygen atoms in total. The Morgan fingerprint density at radius 2 is 2.36 bits per heavy atom. The number of pyridine rings is 1. The molecule has 0 aliphatic carbocycles. The zero-order valence-electron chi connectivity index (χ0n) is 7.80. The van der Waals surface area contributed by atoms with Crippen LogP contribution in [-0.4, -0.2) is 21.9 Å². The molecule has 1 N–H and O–H groups in total. The second-order valence-electron chi connectivity index (χ2n) is 2.91. The largest absolute Gasteiger partial charge is 0.320 e. The van der Waals surface area contributed by atoms with Crippen LogP contribution in [0.3, 0.4) is 0 Å². The number of nitrogens with zero attached hydrogens (tertiary/aromatic N) is 2. The Kier molecular flexibility index (Phi) is 4.22. The van der Waals surface area contributed by atoms with Gasteiger partial charge in [-0.2, -0.15) is 0 Å². The molecule has 0 saturated heterocycles. The van der Waals surface area contributed by atoms with Gasteiger partial charge in [0.2, 0.25) is 0 Å². The number of halogens is 1. The highest BCUT2D eigenvalue weighted by Crippen LogP contribution is 2.20. The van der Waals surface area contributed by atoms with Crippen LogP contribution < -0.4 is 5.32 Å². The van der Waals surface area contributed by atoms with Crippen LogP contribution >= 0.6 is 24.2 Å². The van der Waals surface area contributed by atoms with E-state index in [-0.39, 0.29) is 12.4 Å². The SMILES string of the molecule is CC1CN=C(Nc2ccccn2)S1.Cl. The lowest BCUT2D eigenvalue weighted by atomic mass is 10.5. The van der Waals surface area contributed by atoms with Crippen LogP contribution in [0.25, 0.3) is 0 Å². The Hall–Kier alpha value is -0.740. The molecule has 0 bridgehead atoms. The van der Waals surface area contributed by atoms with E-state index in [0.29, 0.717) is 5.25 Å². The molecule has 1 unspecified atom stereocenters. The predicted octanol–water partition coefficient (Wildman–Crippen LogP) is 2.41. The summed E-state index contributed by atoms with van der Waals surface area (Å²) in [6.45, 7) is 3.07. The van der Waals surface area contributed by atoms with E-state index < -0.39 is 0 Å². The van der Waals surface area contributed by atoms with E-state index in [4.69, 9.17) is 0 Å². The number of nitrogens with one attached hydrogen (secondary N) is 1. The van der Waals surface area contributed by atoms with Crippen LogP contribution in [0.15, 0.2) is 29.4 Å². The first kappa shape index (κ1) is 11.3. The standard InChI is InChI=1S/C9H11N3S.ClH/c1-7-6-11-9(13-7)12-8-4-2-3-5-10-8;/h2-5,7H,6H2,1H3,(H,10,11,12);1H. The van der Waals surface area contributed by atoms with Crippen LogP contribution in [0.5, 0.6) is 0 Å². The summed E-state index contributed by atoms with van der Waals surface area (Å²) >= 11 is 1.76. The second kappa shape index (κ2) is 5.22. The van der Waals surface area contributed by atoms with Gasteiger partial charge in [0.25, 0.3) is 0 Å². The van der Waals surface area contributed by atoms with E-state index in [2.05, 4.69) is 22.2 Å². The minimum Gasteiger partial charge on any atom is -0.320 e. The molecule has 2 heterocycles. The minimum atomic E-state index is 0. The smallest absolute Gasteiger partial charge is 0.162 e. The number of hydrogen-bond donors (Lipinski definition) is 1. The Morgan fingerprint density at radius 3 is 2.93 bits per heavy atom. The van der Waals surface area contributed by atoms with Crippen LogP contribution in [0.2, 0.25) is 0 Å². The van der Waals surface area contributed by atoms with Crippen molar-refractivity contribution in [2.45, 2.75) is 12.2 Å². The summed E-state index contributed by atoms with van der Waals surface area (Å²) in [5.41, 5.74) is 0. The molecule has 1 aliphatic rings. The van der Waals surface area contributed by atoms with Crippen molar-refractivity contribution in [1.29, 1.82) is 0 Å². The molecule has 76 valence electrons. The Bertz CT molecular complexity index is 315. The van der Waals surface area contributed by atoms with E-state index >= 15 is 0 Å². The molecule has 14 heavy (non-hydrogen) atoms. The molecule has 0 amide bonds. The Labute approximate surface area is 93.8 Å². The predicted molar refractivity (Wildman–Crippen MR) is 64.5 cm³/mol. The number of thioether (sulfide) groups is 1. The Morgan fingerprint density at radius 1 is 1.50 bits per heavy atom. The van der Waals surface area contributed by atoms with Crippen molar-refractivity contribution in [3.05, 3.63) is 24.4 Å². The van der Waals surface area contributed by atoms with Gasteiger partial charge in [0, 0.05) is 11.4 Å². The number of anilines is 1. The fraction of sp³-hybridized carbons (Fsp3) is 0.333. The van der Waals surface area contributed by atoms with Crippen molar-refractivity contribution in [2.24, 2.45) is 4.99 Å². The van der Waals surface area contributed by atoms with Gasteiger partial charge in [0.1, 0.15) is 5.82 Å². The summed E-state index contributed by atoms with van der Waals surface area (Å²) in [5, 5.41) is 4.74. The van der Waals surface area contributed by atoms with Crippen molar-refractivity contribution in [1.82, 2.24) is 4.98 Å². The molecular weight excluding hydrogens is 218 g/mol. The van der Waals surface area contributed by atoms with Crippen molar-refractivity contribution in [3.63, 3.8) is 0 Å². The molecule has 0 spiro atoms. The Balaban J connectivity index is 0.000000980. The summed E-state index contributed by atoms with van der Waals surface area (Å²) < 4.78 is 0. The fourth-order valence-corrected chi connectivity index (χ4v) is 1.93. The van der Waals surface area contributed by atoms with Gasteiger partial charge in [-0.15, -0.1) is 12.4 Å². The molecule has 0 saturated carbocycles. The van der Waals surface area contributed by atoms with E-state index in [1.165, 1.54) is 0 Å². The lowest BCUT2D eigenvalue weighted by Crippen LogP contribution is -2.06. The molecule has 2 rings (SSSR count). The van der Waals surface area contributed by atoms with Gasteiger partial charge < -0.3 is 5.32 Å². The first-order valence-corrected chi connectivity index (χ1v) is 5.12. The van der Waals surface area contributed by atoms with Gasteiger partial charge in [-0.05, 0) is 12.1 Å². The number of hydrogen-bond acceptors (Lipinski definition) is 4. The summed E-state index contributed by atoms with van der Waals surface area (Å²) in [6, 6.07) is 5.79. The first-order valence-electron chi connectivity index (χ1n) is 4.24. The van der Waals surface area contributed by atoms with E-state index in [1.807, 2.05) is 18.2 Å². The third-order valence-electron chi connectivity index (χ3n) is 1.70. The minimum absolute atomic E-state index is 0. The van der Waals surface area contributed by atoms with Gasteiger partial charge in [-0.1, -0.05) is 24.8 Å². The van der Waals surface area contributed by atoms with E-state index in [0.717, 1.165) is 17.5 Å².